The number of benzene rings is 1. The Morgan fingerprint density at radius 3 is 2.64 bits per heavy atom. The number of carbonyl (C=O) groups is 1. The molecule has 2 N–H and O–H groups in total. The lowest BCUT2D eigenvalue weighted by molar-refractivity contribution is -0.139. The van der Waals surface area contributed by atoms with Crippen molar-refractivity contribution < 1.29 is 22.7 Å². The molecule has 0 aliphatic heterocycles. The van der Waals surface area contributed by atoms with E-state index in [0.717, 1.165) is 19.4 Å². The molecule has 0 amide bonds. The molecule has 0 unspecified atom stereocenters. The summed E-state index contributed by atoms with van der Waals surface area (Å²) < 4.78 is 40.2. The van der Waals surface area contributed by atoms with Crippen molar-refractivity contribution in [1.82, 2.24) is 9.62 Å². The van der Waals surface area contributed by atoms with Crippen molar-refractivity contribution in [3.8, 4) is 0 Å². The van der Waals surface area contributed by atoms with Crippen molar-refractivity contribution in [1.29, 1.82) is 0 Å². The van der Waals surface area contributed by atoms with E-state index in [2.05, 4.69) is 4.72 Å². The van der Waals surface area contributed by atoms with E-state index in [1.807, 2.05) is 4.90 Å². The lowest BCUT2D eigenvalue weighted by Gasteiger charge is -2.42. The second-order valence-electron chi connectivity index (χ2n) is 7.10. The van der Waals surface area contributed by atoms with Crippen molar-refractivity contribution in [2.45, 2.75) is 43.5 Å². The van der Waals surface area contributed by atoms with E-state index < -0.39 is 21.8 Å². The maximum Gasteiger partial charge on any atom is 0.317 e. The third kappa shape index (κ3) is 5.49. The molecule has 0 bridgehead atoms. The predicted molar refractivity (Wildman–Crippen MR) is 90.9 cm³/mol. The van der Waals surface area contributed by atoms with Crippen LogP contribution < -0.4 is 4.72 Å². The summed E-state index contributed by atoms with van der Waals surface area (Å²) in [4.78, 5) is 13.0. The van der Waals surface area contributed by atoms with Gasteiger partial charge in [-0.05, 0) is 49.3 Å². The molecule has 0 heterocycles. The molecular weight excluding hydrogens is 347 g/mol. The number of nitrogens with one attached hydrogen (secondary N) is 1. The Bertz CT molecular complexity index is 730. The number of rotatable bonds is 9. The van der Waals surface area contributed by atoms with Gasteiger partial charge in [-0.15, -0.1) is 0 Å². The monoisotopic (exact) mass is 370 g/mol. The molecule has 2 aliphatic carbocycles. The van der Waals surface area contributed by atoms with E-state index in [4.69, 9.17) is 5.11 Å². The number of nitrogens with zero attached hydrogens (tertiary/aromatic N) is 1. The SMILES string of the molecule is O=C(O)CN(CC1CC1)C1CC(NS(=O)(=O)Cc2cccc(F)c2)C1. The fraction of sp³-hybridized carbons (Fsp3) is 0.588. The molecule has 0 radical (unpaired) electrons. The van der Waals surface area contributed by atoms with Crippen molar-refractivity contribution in [3.63, 3.8) is 0 Å². The Hall–Kier alpha value is -1.51. The first-order chi connectivity index (χ1) is 11.8. The maximum atomic E-state index is 13.2. The average molecular weight is 370 g/mol. The minimum atomic E-state index is -3.55. The normalized spacial score (nSPS) is 23.4. The van der Waals surface area contributed by atoms with Crippen LogP contribution >= 0.6 is 0 Å². The molecule has 6 nitrogen and oxygen atoms in total. The summed E-state index contributed by atoms with van der Waals surface area (Å²) in [5.41, 5.74) is 0.407. The Morgan fingerprint density at radius 2 is 2.04 bits per heavy atom. The van der Waals surface area contributed by atoms with E-state index in [1.54, 1.807) is 6.07 Å². The van der Waals surface area contributed by atoms with Crippen LogP contribution in [0.2, 0.25) is 0 Å². The molecule has 1 aromatic rings. The van der Waals surface area contributed by atoms with E-state index in [9.17, 15) is 17.6 Å². The van der Waals surface area contributed by atoms with Crippen LogP contribution in [0.4, 0.5) is 4.39 Å². The summed E-state index contributed by atoms with van der Waals surface area (Å²) in [6.45, 7) is 0.781. The van der Waals surface area contributed by atoms with Crippen molar-refractivity contribution in [2.24, 2.45) is 5.92 Å². The van der Waals surface area contributed by atoms with Crippen molar-refractivity contribution in [3.05, 3.63) is 35.6 Å². The van der Waals surface area contributed by atoms with Crippen LogP contribution in [0.3, 0.4) is 0 Å². The molecule has 138 valence electrons. The van der Waals surface area contributed by atoms with Gasteiger partial charge in [-0.3, -0.25) is 9.69 Å². The van der Waals surface area contributed by atoms with Crippen LogP contribution in [0.25, 0.3) is 0 Å². The van der Waals surface area contributed by atoms with Gasteiger partial charge in [0.05, 0.1) is 12.3 Å². The van der Waals surface area contributed by atoms with Crippen LogP contribution in [-0.2, 0) is 20.6 Å². The summed E-state index contributed by atoms with van der Waals surface area (Å²) in [6.07, 6.45) is 3.52. The van der Waals surface area contributed by atoms with Crippen LogP contribution in [0.1, 0.15) is 31.2 Å². The second kappa shape index (κ2) is 7.39. The number of carboxylic acids is 1. The summed E-state index contributed by atoms with van der Waals surface area (Å²) in [5.74, 6) is -0.980. The number of carboxylic acid groups (broad SMARTS) is 1. The van der Waals surface area contributed by atoms with Crippen LogP contribution in [-0.4, -0.2) is 49.6 Å². The molecular formula is C17H23FN2O4S. The molecule has 2 aliphatic rings. The highest BCUT2D eigenvalue weighted by atomic mass is 32.2. The number of aliphatic carboxylic acids is 1. The zero-order valence-electron chi connectivity index (χ0n) is 13.9. The first-order valence-corrected chi connectivity index (χ1v) is 10.2. The van der Waals surface area contributed by atoms with Gasteiger partial charge >= 0.3 is 5.97 Å². The molecule has 2 fully saturated rings. The van der Waals surface area contributed by atoms with Gasteiger partial charge in [-0.2, -0.15) is 0 Å². The smallest absolute Gasteiger partial charge is 0.317 e. The zero-order chi connectivity index (χ0) is 18.0. The molecule has 0 saturated heterocycles. The average Bonchev–Trinajstić information content (AvgIpc) is 3.24. The summed E-state index contributed by atoms with van der Waals surface area (Å²) in [6, 6.07) is 5.49. The van der Waals surface area contributed by atoms with Gasteiger partial charge in [0, 0.05) is 18.6 Å². The molecule has 8 heteroatoms. The topological polar surface area (TPSA) is 86.7 Å². The number of hydrogen-bond acceptors (Lipinski definition) is 4. The number of hydrogen-bond donors (Lipinski definition) is 2. The van der Waals surface area contributed by atoms with Gasteiger partial charge in [0.2, 0.25) is 10.0 Å². The van der Waals surface area contributed by atoms with Gasteiger partial charge in [0.1, 0.15) is 5.82 Å². The minimum Gasteiger partial charge on any atom is -0.480 e. The summed E-state index contributed by atoms with van der Waals surface area (Å²) in [7, 11) is -3.55. The van der Waals surface area contributed by atoms with Crippen molar-refractivity contribution >= 4 is 16.0 Å². The maximum absolute atomic E-state index is 13.2. The highest BCUT2D eigenvalue weighted by Crippen LogP contribution is 2.34. The number of sulfonamides is 1. The first-order valence-electron chi connectivity index (χ1n) is 8.51. The summed E-state index contributed by atoms with van der Waals surface area (Å²) in [5, 5.41) is 9.04. The van der Waals surface area contributed by atoms with Gasteiger partial charge in [-0.25, -0.2) is 17.5 Å². The molecule has 0 atom stereocenters. The predicted octanol–water partition coefficient (Wildman–Crippen LogP) is 1.57. The molecule has 2 saturated carbocycles. The fourth-order valence-corrected chi connectivity index (χ4v) is 4.67. The largest absolute Gasteiger partial charge is 0.480 e. The molecule has 3 rings (SSSR count). The molecule has 0 spiro atoms. The second-order valence-corrected chi connectivity index (χ2v) is 8.85. The minimum absolute atomic E-state index is 0.00390. The fourth-order valence-electron chi connectivity index (χ4n) is 3.27. The van der Waals surface area contributed by atoms with E-state index in [0.29, 0.717) is 24.3 Å². The lowest BCUT2D eigenvalue weighted by atomic mass is 9.86. The molecule has 0 aromatic heterocycles. The van der Waals surface area contributed by atoms with Gasteiger partial charge < -0.3 is 5.11 Å². The highest BCUT2D eigenvalue weighted by molar-refractivity contribution is 7.88. The standard InChI is InChI=1S/C17H23FN2O4S/c18-14-3-1-2-13(6-14)11-25(23,24)19-15-7-16(8-15)20(10-17(21)22)9-12-4-5-12/h1-3,6,12,15-16,19H,4-5,7-11H2,(H,21,22). The van der Waals surface area contributed by atoms with Gasteiger partial charge in [0.15, 0.2) is 0 Å². The molecule has 25 heavy (non-hydrogen) atoms. The Balaban J connectivity index is 1.50. The third-order valence-electron chi connectivity index (χ3n) is 4.75. The van der Waals surface area contributed by atoms with Gasteiger partial charge in [0.25, 0.3) is 0 Å². The van der Waals surface area contributed by atoms with E-state index >= 15 is 0 Å². The van der Waals surface area contributed by atoms with Gasteiger partial charge in [-0.1, -0.05) is 12.1 Å². The Morgan fingerprint density at radius 1 is 1.32 bits per heavy atom. The summed E-state index contributed by atoms with van der Waals surface area (Å²) >= 11 is 0. The van der Waals surface area contributed by atoms with Crippen molar-refractivity contribution in [2.75, 3.05) is 13.1 Å². The Labute approximate surface area is 147 Å². The lowest BCUT2D eigenvalue weighted by Crippen LogP contribution is -2.55. The quantitative estimate of drug-likeness (QED) is 0.689. The number of halogens is 1. The van der Waals surface area contributed by atoms with Crippen LogP contribution in [0.15, 0.2) is 24.3 Å². The zero-order valence-corrected chi connectivity index (χ0v) is 14.7. The van der Waals surface area contributed by atoms with E-state index in [1.165, 1.54) is 18.2 Å². The third-order valence-corrected chi connectivity index (χ3v) is 6.16. The Kier molecular flexibility index (Phi) is 5.41. The molecule has 1 aromatic carbocycles. The highest BCUT2D eigenvalue weighted by Gasteiger charge is 2.38. The van der Waals surface area contributed by atoms with Crippen LogP contribution in [0.5, 0.6) is 0 Å². The van der Waals surface area contributed by atoms with E-state index in [-0.39, 0.29) is 24.4 Å². The van der Waals surface area contributed by atoms with Crippen LogP contribution in [0, 0.1) is 11.7 Å². The first kappa shape index (κ1) is 18.3.